The van der Waals surface area contributed by atoms with Crippen LogP contribution in [0.15, 0.2) is 23.5 Å². The fourth-order valence-electron chi connectivity index (χ4n) is 2.19. The summed E-state index contributed by atoms with van der Waals surface area (Å²) in [5, 5.41) is 15.2. The highest BCUT2D eigenvalue weighted by Crippen LogP contribution is 2.09. The van der Waals surface area contributed by atoms with E-state index in [0.29, 0.717) is 11.7 Å². The third kappa shape index (κ3) is 5.57. The molecule has 1 aromatic rings. The molecule has 0 radical (unpaired) electrons. The highest BCUT2D eigenvalue weighted by Gasteiger charge is 2.07. The molecule has 112 valence electrons. The van der Waals surface area contributed by atoms with Gasteiger partial charge in [0.15, 0.2) is 5.84 Å². The maximum absolute atomic E-state index is 8.67. The predicted octanol–water partition coefficient (Wildman–Crippen LogP) is 2.62. The Morgan fingerprint density at radius 2 is 2.20 bits per heavy atom. The van der Waals surface area contributed by atoms with Gasteiger partial charge in [-0.25, -0.2) is 0 Å². The van der Waals surface area contributed by atoms with Gasteiger partial charge in [-0.1, -0.05) is 38.3 Å². The Kier molecular flexibility index (Phi) is 7.65. The van der Waals surface area contributed by atoms with E-state index < -0.39 is 0 Å². The number of pyridine rings is 1. The van der Waals surface area contributed by atoms with Crippen LogP contribution in [0.1, 0.15) is 57.2 Å². The predicted molar refractivity (Wildman–Crippen MR) is 81.8 cm³/mol. The van der Waals surface area contributed by atoms with Crippen LogP contribution in [0, 0.1) is 0 Å². The number of nitrogens with two attached hydrogens (primary N) is 1. The first-order chi connectivity index (χ1) is 9.71. The van der Waals surface area contributed by atoms with Crippen LogP contribution in [0.25, 0.3) is 0 Å². The number of oxime groups is 1. The quantitative estimate of drug-likeness (QED) is 0.280. The molecule has 0 aromatic carbocycles. The zero-order chi connectivity index (χ0) is 14.8. The Balaban J connectivity index is 2.58. The van der Waals surface area contributed by atoms with Crippen molar-refractivity contribution in [3.63, 3.8) is 0 Å². The summed E-state index contributed by atoms with van der Waals surface area (Å²) in [5.41, 5.74) is 7.15. The lowest BCUT2D eigenvalue weighted by Gasteiger charge is -2.18. The van der Waals surface area contributed by atoms with Gasteiger partial charge in [0.1, 0.15) is 5.69 Å². The molecule has 0 saturated carbocycles. The van der Waals surface area contributed by atoms with Crippen LogP contribution < -0.4 is 11.1 Å². The van der Waals surface area contributed by atoms with E-state index in [1.807, 2.05) is 12.1 Å². The van der Waals surface area contributed by atoms with Gasteiger partial charge in [-0.05, 0) is 30.5 Å². The van der Waals surface area contributed by atoms with Crippen LogP contribution in [0.2, 0.25) is 0 Å². The van der Waals surface area contributed by atoms with E-state index in [9.17, 15) is 0 Å². The maximum atomic E-state index is 8.67. The second kappa shape index (κ2) is 9.31. The number of nitrogens with zero attached hydrogens (tertiary/aromatic N) is 2. The lowest BCUT2D eigenvalue weighted by molar-refractivity contribution is 0.318. The van der Waals surface area contributed by atoms with Crippen LogP contribution >= 0.6 is 0 Å². The van der Waals surface area contributed by atoms with Gasteiger partial charge >= 0.3 is 0 Å². The molecule has 0 bridgehead atoms. The van der Waals surface area contributed by atoms with Crippen molar-refractivity contribution in [2.45, 2.75) is 58.5 Å². The van der Waals surface area contributed by atoms with Gasteiger partial charge < -0.3 is 16.3 Å². The van der Waals surface area contributed by atoms with Gasteiger partial charge in [-0.15, -0.1) is 0 Å². The Hall–Kier alpha value is -1.62. The number of rotatable bonds is 9. The standard InChI is InChI=1S/C15H26N4O/c1-3-5-7-13(6-4-2)18-11-12-8-9-17-14(10-12)15(16)19-20/h8-10,13,18,20H,3-7,11H2,1-2H3,(H2,16,19). The summed E-state index contributed by atoms with van der Waals surface area (Å²) in [6.07, 6.45) is 7.76. The molecule has 0 aliphatic heterocycles. The molecule has 1 rings (SSSR count). The van der Waals surface area contributed by atoms with Crippen LogP contribution in [0.3, 0.4) is 0 Å². The van der Waals surface area contributed by atoms with Crippen molar-refractivity contribution < 1.29 is 5.21 Å². The number of amidine groups is 1. The largest absolute Gasteiger partial charge is 0.409 e. The van der Waals surface area contributed by atoms with Gasteiger partial charge in [0.05, 0.1) is 0 Å². The number of aromatic nitrogens is 1. The molecule has 1 aromatic heterocycles. The van der Waals surface area contributed by atoms with E-state index >= 15 is 0 Å². The summed E-state index contributed by atoms with van der Waals surface area (Å²) in [4.78, 5) is 4.08. The molecule has 0 amide bonds. The Morgan fingerprint density at radius 3 is 2.85 bits per heavy atom. The Labute approximate surface area is 121 Å². The summed E-state index contributed by atoms with van der Waals surface area (Å²) in [5.74, 6) is 0.0444. The molecular weight excluding hydrogens is 252 g/mol. The van der Waals surface area contributed by atoms with Crippen molar-refractivity contribution in [1.82, 2.24) is 10.3 Å². The Bertz CT molecular complexity index is 420. The zero-order valence-corrected chi connectivity index (χ0v) is 12.5. The fraction of sp³-hybridized carbons (Fsp3) is 0.600. The molecule has 0 spiro atoms. The normalized spacial score (nSPS) is 13.4. The number of hydrogen-bond acceptors (Lipinski definition) is 4. The van der Waals surface area contributed by atoms with Crippen molar-refractivity contribution in [3.8, 4) is 0 Å². The minimum Gasteiger partial charge on any atom is -0.409 e. The van der Waals surface area contributed by atoms with Gasteiger partial charge in [0.2, 0.25) is 0 Å². The van der Waals surface area contributed by atoms with Crippen molar-refractivity contribution in [2.75, 3.05) is 0 Å². The van der Waals surface area contributed by atoms with E-state index in [4.69, 9.17) is 10.9 Å². The van der Waals surface area contributed by atoms with E-state index in [1.54, 1.807) is 6.20 Å². The van der Waals surface area contributed by atoms with Crippen LogP contribution in [0.5, 0.6) is 0 Å². The first kappa shape index (κ1) is 16.4. The van der Waals surface area contributed by atoms with E-state index in [-0.39, 0.29) is 5.84 Å². The maximum Gasteiger partial charge on any atom is 0.188 e. The van der Waals surface area contributed by atoms with E-state index in [2.05, 4.69) is 29.3 Å². The smallest absolute Gasteiger partial charge is 0.188 e. The average Bonchev–Trinajstić information content (AvgIpc) is 2.49. The molecule has 5 nitrogen and oxygen atoms in total. The molecule has 1 unspecified atom stereocenters. The second-order valence-corrected chi connectivity index (χ2v) is 5.04. The number of hydrogen-bond donors (Lipinski definition) is 3. The van der Waals surface area contributed by atoms with Gasteiger partial charge in [0, 0.05) is 18.8 Å². The molecule has 0 aliphatic rings. The van der Waals surface area contributed by atoms with Gasteiger partial charge in [-0.2, -0.15) is 0 Å². The van der Waals surface area contributed by atoms with E-state index in [0.717, 1.165) is 12.1 Å². The highest BCUT2D eigenvalue weighted by atomic mass is 16.4. The third-order valence-corrected chi connectivity index (χ3v) is 3.33. The fourth-order valence-corrected chi connectivity index (χ4v) is 2.19. The molecule has 1 heterocycles. The number of nitrogens with one attached hydrogen (secondary N) is 1. The Morgan fingerprint density at radius 1 is 1.40 bits per heavy atom. The SMILES string of the molecule is CCCCC(CCC)NCc1ccnc(/C(N)=N/O)c1. The van der Waals surface area contributed by atoms with Crippen molar-refractivity contribution >= 4 is 5.84 Å². The third-order valence-electron chi connectivity index (χ3n) is 3.33. The summed E-state index contributed by atoms with van der Waals surface area (Å²) in [7, 11) is 0. The summed E-state index contributed by atoms with van der Waals surface area (Å²) in [6.45, 7) is 5.21. The molecule has 20 heavy (non-hydrogen) atoms. The van der Waals surface area contributed by atoms with Crippen LogP contribution in [-0.4, -0.2) is 22.1 Å². The molecule has 0 fully saturated rings. The highest BCUT2D eigenvalue weighted by molar-refractivity contribution is 5.95. The van der Waals surface area contributed by atoms with Crippen molar-refractivity contribution in [2.24, 2.45) is 10.9 Å². The van der Waals surface area contributed by atoms with Crippen LogP contribution in [-0.2, 0) is 6.54 Å². The second-order valence-electron chi connectivity index (χ2n) is 5.04. The van der Waals surface area contributed by atoms with Crippen LogP contribution in [0.4, 0.5) is 0 Å². The topological polar surface area (TPSA) is 83.5 Å². The first-order valence-corrected chi connectivity index (χ1v) is 7.37. The molecular formula is C15H26N4O. The molecule has 4 N–H and O–H groups in total. The van der Waals surface area contributed by atoms with Crippen molar-refractivity contribution in [1.29, 1.82) is 0 Å². The molecule has 0 aliphatic carbocycles. The summed E-state index contributed by atoms with van der Waals surface area (Å²) < 4.78 is 0. The zero-order valence-electron chi connectivity index (χ0n) is 12.5. The number of unbranched alkanes of at least 4 members (excludes halogenated alkanes) is 1. The average molecular weight is 278 g/mol. The van der Waals surface area contributed by atoms with Gasteiger partial charge in [-0.3, -0.25) is 4.98 Å². The lowest BCUT2D eigenvalue weighted by Crippen LogP contribution is -2.28. The van der Waals surface area contributed by atoms with Gasteiger partial charge in [0.25, 0.3) is 0 Å². The summed E-state index contributed by atoms with van der Waals surface area (Å²) in [6, 6.07) is 4.36. The first-order valence-electron chi connectivity index (χ1n) is 7.37. The summed E-state index contributed by atoms with van der Waals surface area (Å²) >= 11 is 0. The molecule has 0 saturated heterocycles. The molecule has 5 heteroatoms. The minimum absolute atomic E-state index is 0.0444. The molecule has 1 atom stereocenters. The van der Waals surface area contributed by atoms with E-state index in [1.165, 1.54) is 32.1 Å². The monoisotopic (exact) mass is 278 g/mol. The van der Waals surface area contributed by atoms with Crippen molar-refractivity contribution in [3.05, 3.63) is 29.6 Å². The lowest BCUT2D eigenvalue weighted by atomic mass is 10.0. The minimum atomic E-state index is 0.0444.